The van der Waals surface area contributed by atoms with Gasteiger partial charge in [-0.2, -0.15) is 12.6 Å². The first-order valence-electron chi connectivity index (χ1n) is 15.4. The predicted octanol–water partition coefficient (Wildman–Crippen LogP) is 8.61. The Morgan fingerprint density at radius 1 is 1.00 bits per heavy atom. The summed E-state index contributed by atoms with van der Waals surface area (Å²) >= 11 is 3.53. The molecule has 1 spiro atoms. The summed E-state index contributed by atoms with van der Waals surface area (Å²) in [4.78, 5) is 29.1. The number of amides is 2. The summed E-state index contributed by atoms with van der Waals surface area (Å²) in [6.07, 6.45) is 4.32. The lowest BCUT2D eigenvalue weighted by Crippen LogP contribution is -2.55. The number of thiol groups is 1. The van der Waals surface area contributed by atoms with Crippen molar-refractivity contribution >= 4 is 30.2 Å². The second-order valence-electron chi connectivity index (χ2n) is 10.7. The Morgan fingerprint density at radius 3 is 2.10 bits per heavy atom. The zero-order valence-electron chi connectivity index (χ0n) is 27.8. The molecule has 0 bridgehead atoms. The average Bonchev–Trinajstić information content (AvgIpc) is 3.01. The van der Waals surface area contributed by atoms with Crippen molar-refractivity contribution < 1.29 is 19.1 Å². The van der Waals surface area contributed by atoms with Crippen LogP contribution in [0.15, 0.2) is 54.6 Å². The zero-order chi connectivity index (χ0) is 32.1. The van der Waals surface area contributed by atoms with Crippen molar-refractivity contribution in [2.24, 2.45) is 5.92 Å². The van der Waals surface area contributed by atoms with E-state index >= 15 is 0 Å². The van der Waals surface area contributed by atoms with Crippen LogP contribution in [0.25, 0.3) is 5.57 Å². The molecule has 0 N–H and O–H groups in total. The summed E-state index contributed by atoms with van der Waals surface area (Å²) in [5.74, 6) is 0.953. The van der Waals surface area contributed by atoms with Crippen molar-refractivity contribution in [1.82, 2.24) is 9.80 Å². The van der Waals surface area contributed by atoms with Crippen LogP contribution in [0.3, 0.4) is 0 Å². The van der Waals surface area contributed by atoms with Crippen LogP contribution in [0.1, 0.15) is 97.1 Å². The molecule has 2 aliphatic rings. The zero-order valence-corrected chi connectivity index (χ0v) is 28.7. The van der Waals surface area contributed by atoms with Gasteiger partial charge in [-0.25, -0.2) is 4.79 Å². The van der Waals surface area contributed by atoms with Crippen LogP contribution >= 0.6 is 12.6 Å². The number of para-hydroxylation sites is 1. The van der Waals surface area contributed by atoms with E-state index in [4.69, 9.17) is 9.47 Å². The fraction of sp³-hybridized carbons (Fsp3) is 0.543. The highest BCUT2D eigenvalue weighted by Crippen LogP contribution is 2.45. The van der Waals surface area contributed by atoms with Crippen LogP contribution in [-0.2, 0) is 4.74 Å². The Hall–Kier alpha value is -2.93. The number of ether oxygens (including phenoxy) is 2. The van der Waals surface area contributed by atoms with Gasteiger partial charge in [-0.05, 0) is 76.3 Å². The normalized spacial score (nSPS) is 18.7. The Kier molecular flexibility index (Phi) is 15.2. The maximum absolute atomic E-state index is 12.8. The molecule has 7 heteroatoms. The number of rotatable bonds is 4. The fourth-order valence-corrected chi connectivity index (χ4v) is 5.05. The third kappa shape index (κ3) is 9.03. The van der Waals surface area contributed by atoms with Crippen LogP contribution < -0.4 is 4.74 Å². The number of hydrogen-bond donors (Lipinski definition) is 1. The second kappa shape index (κ2) is 17.3. The van der Waals surface area contributed by atoms with E-state index in [0.717, 1.165) is 22.4 Å². The number of piperidine rings is 1. The Morgan fingerprint density at radius 2 is 1.57 bits per heavy atom. The highest BCUT2D eigenvalue weighted by molar-refractivity contribution is 7.79. The lowest BCUT2D eigenvalue weighted by Gasteiger charge is -2.47. The van der Waals surface area contributed by atoms with Crippen molar-refractivity contribution in [2.75, 3.05) is 32.4 Å². The van der Waals surface area contributed by atoms with Gasteiger partial charge in [-0.15, -0.1) is 0 Å². The molecule has 1 fully saturated rings. The number of carbonyl (C=O) groups excluding carboxylic acids is 2. The topological polar surface area (TPSA) is 59.1 Å². The number of nitrogens with zero attached hydrogens (tertiary/aromatic N) is 2. The first-order chi connectivity index (χ1) is 20.1. The van der Waals surface area contributed by atoms with E-state index in [0.29, 0.717) is 38.2 Å². The van der Waals surface area contributed by atoms with Gasteiger partial charge >= 0.3 is 6.09 Å². The van der Waals surface area contributed by atoms with Crippen molar-refractivity contribution in [3.8, 4) is 5.75 Å². The molecule has 2 amide bonds. The molecule has 6 nitrogen and oxygen atoms in total. The molecule has 2 aromatic carbocycles. The lowest BCUT2D eigenvalue weighted by atomic mass is 9.77. The molecule has 0 saturated carbocycles. The van der Waals surface area contributed by atoms with Crippen LogP contribution in [-0.4, -0.2) is 65.4 Å². The minimum atomic E-state index is -0.530. The minimum Gasteiger partial charge on any atom is -0.482 e. The van der Waals surface area contributed by atoms with Gasteiger partial charge in [0.1, 0.15) is 17.0 Å². The van der Waals surface area contributed by atoms with Crippen LogP contribution in [0, 0.1) is 5.92 Å². The Balaban J connectivity index is 0.00000138. The van der Waals surface area contributed by atoms with E-state index in [-0.39, 0.29) is 17.9 Å². The van der Waals surface area contributed by atoms with Crippen molar-refractivity contribution in [3.63, 3.8) is 0 Å². The van der Waals surface area contributed by atoms with Crippen molar-refractivity contribution in [3.05, 3.63) is 71.3 Å². The Labute approximate surface area is 260 Å². The maximum Gasteiger partial charge on any atom is 0.410 e. The molecule has 42 heavy (non-hydrogen) atoms. The van der Waals surface area contributed by atoms with Gasteiger partial charge in [-0.3, -0.25) is 4.79 Å². The van der Waals surface area contributed by atoms with Gasteiger partial charge in [0.05, 0.1) is 0 Å². The highest BCUT2D eigenvalue weighted by atomic mass is 32.1. The molecule has 0 aromatic heterocycles. The highest BCUT2D eigenvalue weighted by Gasteiger charge is 2.45. The van der Waals surface area contributed by atoms with E-state index in [2.05, 4.69) is 31.7 Å². The molecular formula is C35H54N2O4S. The summed E-state index contributed by atoms with van der Waals surface area (Å²) in [6.45, 7) is 22.3. The van der Waals surface area contributed by atoms with Crippen molar-refractivity contribution in [1.29, 1.82) is 0 Å². The van der Waals surface area contributed by atoms with E-state index in [1.165, 1.54) is 0 Å². The van der Waals surface area contributed by atoms with E-state index in [1.807, 2.05) is 110 Å². The minimum absolute atomic E-state index is 0.0486. The maximum atomic E-state index is 12.8. The summed E-state index contributed by atoms with van der Waals surface area (Å²) in [6, 6.07) is 16.0. The number of fused-ring (bicyclic) bond motifs is 1. The molecule has 2 atom stereocenters. The number of benzene rings is 2. The van der Waals surface area contributed by atoms with Crippen LogP contribution in [0.2, 0.25) is 0 Å². The fourth-order valence-electron chi connectivity index (χ4n) is 5.05. The monoisotopic (exact) mass is 598 g/mol. The summed E-state index contributed by atoms with van der Waals surface area (Å²) in [7, 11) is 0. The Bertz CT molecular complexity index is 1150. The van der Waals surface area contributed by atoms with Gasteiger partial charge in [0.2, 0.25) is 0 Å². The van der Waals surface area contributed by atoms with Crippen LogP contribution in [0.4, 0.5) is 4.79 Å². The smallest absolute Gasteiger partial charge is 0.410 e. The molecule has 2 heterocycles. The quantitative estimate of drug-likeness (QED) is 0.358. The molecule has 0 radical (unpaired) electrons. The largest absolute Gasteiger partial charge is 0.482 e. The summed E-state index contributed by atoms with van der Waals surface area (Å²) in [5.41, 5.74) is 2.81. The first-order valence-corrected chi connectivity index (χ1v) is 16.3. The first kappa shape index (κ1) is 37.1. The van der Waals surface area contributed by atoms with Gasteiger partial charge in [0.25, 0.3) is 5.91 Å². The molecule has 2 unspecified atom stereocenters. The van der Waals surface area contributed by atoms with E-state index in [9.17, 15) is 9.59 Å². The molecule has 2 aromatic rings. The van der Waals surface area contributed by atoms with Gasteiger partial charge < -0.3 is 19.3 Å². The third-order valence-corrected chi connectivity index (χ3v) is 7.11. The third-order valence-electron chi connectivity index (χ3n) is 7.11. The number of carbonyl (C=O) groups is 2. The van der Waals surface area contributed by atoms with Crippen LogP contribution in [0.5, 0.6) is 5.75 Å². The van der Waals surface area contributed by atoms with Gasteiger partial charge in [0.15, 0.2) is 0 Å². The molecular weight excluding hydrogens is 544 g/mol. The van der Waals surface area contributed by atoms with E-state index in [1.54, 1.807) is 11.2 Å². The molecule has 4 rings (SSSR count). The molecule has 234 valence electrons. The second-order valence-corrected chi connectivity index (χ2v) is 10.7. The number of likely N-dealkylation sites (tertiary alicyclic amines) is 1. The van der Waals surface area contributed by atoms with Gasteiger partial charge in [0, 0.05) is 49.6 Å². The average molecular weight is 599 g/mol. The molecule has 1 saturated heterocycles. The van der Waals surface area contributed by atoms with Crippen molar-refractivity contribution in [2.45, 2.75) is 86.9 Å². The molecule has 0 aliphatic carbocycles. The van der Waals surface area contributed by atoms with Gasteiger partial charge in [-0.1, -0.05) is 65.0 Å². The SMILES string of the molecule is CC.CC.CCN(CC)C(=O)c1ccc(C2=CC3(CCN(C(=O)OC(C)(C)C)CC3C)Oc3ccccc32)cc1.CS. The lowest BCUT2D eigenvalue weighted by molar-refractivity contribution is -0.0261. The predicted molar refractivity (Wildman–Crippen MR) is 180 cm³/mol. The van der Waals surface area contributed by atoms with E-state index < -0.39 is 11.2 Å². The summed E-state index contributed by atoms with van der Waals surface area (Å²) < 4.78 is 12.3. The summed E-state index contributed by atoms with van der Waals surface area (Å²) in [5, 5.41) is 0. The number of hydrogen-bond acceptors (Lipinski definition) is 5. The standard InChI is InChI=1S/C30H38N2O4.2C2H6.CH4S/c1-7-31(8-2)27(33)23-15-13-22(14-16-23)25-19-30(35-26-12-10-9-11-24(25)26)17-18-32(20-21(30)3)28(34)36-29(4,5)6;3*1-2/h9-16,19,21H,7-8,17-18,20H2,1-6H3;2*1-2H3;2H,1H3. The molecule has 2 aliphatic heterocycles.